The molecule has 2 N–H and O–H groups in total. The summed E-state index contributed by atoms with van der Waals surface area (Å²) < 4.78 is 0. The summed E-state index contributed by atoms with van der Waals surface area (Å²) in [7, 11) is 0. The fourth-order valence-electron chi connectivity index (χ4n) is 3.65. The van der Waals surface area contributed by atoms with Gasteiger partial charge in [-0.1, -0.05) is 47.5 Å². The molecule has 4 nitrogen and oxygen atoms in total. The van der Waals surface area contributed by atoms with E-state index in [1.807, 2.05) is 6.92 Å². The van der Waals surface area contributed by atoms with Gasteiger partial charge in [0.2, 0.25) is 5.91 Å². The maximum Gasteiger partial charge on any atom is 0.339 e. The number of anilines is 1. The highest BCUT2D eigenvalue weighted by Crippen LogP contribution is 2.37. The second-order valence-corrected chi connectivity index (χ2v) is 8.35. The van der Waals surface area contributed by atoms with E-state index in [0.29, 0.717) is 28.4 Å². The lowest BCUT2D eigenvalue weighted by Gasteiger charge is -2.10. The zero-order valence-electron chi connectivity index (χ0n) is 15.2. The Morgan fingerprint density at radius 3 is 2.54 bits per heavy atom. The molecule has 0 saturated carbocycles. The van der Waals surface area contributed by atoms with Crippen molar-refractivity contribution in [3.8, 4) is 11.1 Å². The lowest BCUT2D eigenvalue weighted by molar-refractivity contribution is -0.119. The first-order valence-electron chi connectivity index (χ1n) is 8.92. The van der Waals surface area contributed by atoms with Crippen LogP contribution in [-0.4, -0.2) is 17.0 Å². The Bertz CT molecular complexity index is 1070. The number of hydrogen-bond acceptors (Lipinski definition) is 3. The van der Waals surface area contributed by atoms with Gasteiger partial charge in [0.25, 0.3) is 0 Å². The highest BCUT2D eigenvalue weighted by molar-refractivity contribution is 7.15. The first kappa shape index (κ1) is 18.7. The van der Waals surface area contributed by atoms with Gasteiger partial charge < -0.3 is 10.4 Å². The van der Waals surface area contributed by atoms with Crippen molar-refractivity contribution in [1.29, 1.82) is 0 Å². The van der Waals surface area contributed by atoms with E-state index in [4.69, 9.17) is 11.6 Å². The summed E-state index contributed by atoms with van der Waals surface area (Å²) in [6.45, 7) is 2.04. The number of carbonyl (C=O) groups is 2. The molecule has 1 heterocycles. The maximum atomic E-state index is 12.8. The second kappa shape index (κ2) is 7.41. The van der Waals surface area contributed by atoms with Crippen molar-refractivity contribution in [3.05, 3.63) is 75.1 Å². The molecular formula is C22H18ClNO3S. The van der Waals surface area contributed by atoms with Crippen molar-refractivity contribution in [2.45, 2.75) is 19.8 Å². The van der Waals surface area contributed by atoms with Gasteiger partial charge in [-0.05, 0) is 48.6 Å². The predicted octanol–water partition coefficient (Wildman–Crippen LogP) is 5.43. The van der Waals surface area contributed by atoms with E-state index in [1.54, 1.807) is 29.6 Å². The molecule has 2 aromatic carbocycles. The molecule has 1 aliphatic rings. The molecule has 142 valence electrons. The molecule has 0 fully saturated rings. The van der Waals surface area contributed by atoms with E-state index in [9.17, 15) is 14.7 Å². The third kappa shape index (κ3) is 3.55. The number of amides is 1. The molecule has 0 aliphatic heterocycles. The number of carbonyl (C=O) groups excluding carboxylic acids is 1. The van der Waals surface area contributed by atoms with Crippen LogP contribution in [0.2, 0.25) is 5.02 Å². The number of aryl methyl sites for hydroxylation is 1. The molecule has 1 aromatic heterocycles. The van der Waals surface area contributed by atoms with E-state index in [1.165, 1.54) is 28.0 Å². The summed E-state index contributed by atoms with van der Waals surface area (Å²) in [6.07, 6.45) is 1.36. The summed E-state index contributed by atoms with van der Waals surface area (Å²) in [5.41, 5.74) is 5.02. The molecule has 1 amide bonds. The largest absolute Gasteiger partial charge is 0.478 e. The van der Waals surface area contributed by atoms with Crippen LogP contribution in [0, 0.1) is 12.8 Å². The number of hydrogen-bond donors (Lipinski definition) is 2. The van der Waals surface area contributed by atoms with Gasteiger partial charge in [0.15, 0.2) is 0 Å². The van der Waals surface area contributed by atoms with Gasteiger partial charge in [0.05, 0.1) is 0 Å². The van der Waals surface area contributed by atoms with Crippen LogP contribution >= 0.6 is 22.9 Å². The van der Waals surface area contributed by atoms with E-state index < -0.39 is 5.97 Å². The average molecular weight is 412 g/mol. The second-order valence-electron chi connectivity index (χ2n) is 7.03. The topological polar surface area (TPSA) is 66.4 Å². The van der Waals surface area contributed by atoms with Crippen molar-refractivity contribution in [3.63, 3.8) is 0 Å². The molecule has 6 heteroatoms. The van der Waals surface area contributed by atoms with Gasteiger partial charge >= 0.3 is 5.97 Å². The third-order valence-electron chi connectivity index (χ3n) is 5.06. The van der Waals surface area contributed by atoms with Crippen LogP contribution in [0.4, 0.5) is 5.00 Å². The van der Waals surface area contributed by atoms with Gasteiger partial charge in [0.1, 0.15) is 10.6 Å². The number of nitrogens with one attached hydrogen (secondary N) is 1. The number of thiophene rings is 1. The molecular weight excluding hydrogens is 394 g/mol. The standard InChI is InChI=1S/C22H18ClNO3S/c1-12-2-3-14-9-16(10-15(14)8-12)20(25)24-21-19(22(26)27)18(11-28-21)13-4-6-17(23)7-5-13/h2-8,11,16H,9-10H2,1H3,(H,24,25)(H,26,27). The molecule has 0 saturated heterocycles. The molecule has 1 atom stereocenters. The third-order valence-corrected chi connectivity index (χ3v) is 6.21. The molecule has 3 aromatic rings. The minimum atomic E-state index is -1.06. The molecule has 1 aliphatic carbocycles. The zero-order valence-corrected chi connectivity index (χ0v) is 16.7. The van der Waals surface area contributed by atoms with Crippen molar-refractivity contribution >= 4 is 39.8 Å². The van der Waals surface area contributed by atoms with Crippen LogP contribution in [0.5, 0.6) is 0 Å². The highest BCUT2D eigenvalue weighted by atomic mass is 35.5. The quantitative estimate of drug-likeness (QED) is 0.601. The van der Waals surface area contributed by atoms with Crippen LogP contribution in [-0.2, 0) is 17.6 Å². The Hall–Kier alpha value is -2.63. The Balaban J connectivity index is 1.58. The molecule has 0 bridgehead atoms. The molecule has 0 spiro atoms. The number of aromatic carboxylic acids is 1. The van der Waals surface area contributed by atoms with Gasteiger partial charge in [-0.3, -0.25) is 4.79 Å². The van der Waals surface area contributed by atoms with Crippen molar-refractivity contribution in [1.82, 2.24) is 0 Å². The first-order valence-corrected chi connectivity index (χ1v) is 10.2. The average Bonchev–Trinajstić information content (AvgIpc) is 3.26. The fraction of sp³-hybridized carbons (Fsp3) is 0.182. The molecule has 28 heavy (non-hydrogen) atoms. The van der Waals surface area contributed by atoms with Crippen LogP contribution in [0.1, 0.15) is 27.0 Å². The number of halogens is 1. The first-order chi connectivity index (χ1) is 13.4. The fourth-order valence-corrected chi connectivity index (χ4v) is 4.74. The van der Waals surface area contributed by atoms with Crippen LogP contribution < -0.4 is 5.32 Å². The summed E-state index contributed by atoms with van der Waals surface area (Å²) in [4.78, 5) is 24.7. The smallest absolute Gasteiger partial charge is 0.339 e. The van der Waals surface area contributed by atoms with Crippen molar-refractivity contribution < 1.29 is 14.7 Å². The van der Waals surface area contributed by atoms with Crippen molar-refractivity contribution in [2.24, 2.45) is 5.92 Å². The number of carboxylic acids is 1. The highest BCUT2D eigenvalue weighted by Gasteiger charge is 2.29. The lowest BCUT2D eigenvalue weighted by Crippen LogP contribution is -2.23. The monoisotopic (exact) mass is 411 g/mol. The van der Waals surface area contributed by atoms with E-state index in [-0.39, 0.29) is 17.4 Å². The van der Waals surface area contributed by atoms with Crippen LogP contribution in [0.3, 0.4) is 0 Å². The molecule has 4 rings (SSSR count). The Morgan fingerprint density at radius 2 is 1.82 bits per heavy atom. The van der Waals surface area contributed by atoms with Gasteiger partial charge in [-0.25, -0.2) is 4.79 Å². The summed E-state index contributed by atoms with van der Waals surface area (Å²) in [5, 5.41) is 15.3. The zero-order chi connectivity index (χ0) is 19.8. The Morgan fingerprint density at radius 1 is 1.11 bits per heavy atom. The van der Waals surface area contributed by atoms with E-state index in [2.05, 4.69) is 23.5 Å². The number of carboxylic acid groups (broad SMARTS) is 1. The van der Waals surface area contributed by atoms with Crippen LogP contribution in [0.15, 0.2) is 47.8 Å². The van der Waals surface area contributed by atoms with Crippen molar-refractivity contribution in [2.75, 3.05) is 5.32 Å². The SMILES string of the molecule is Cc1ccc2c(c1)CC(C(=O)Nc1scc(-c3ccc(Cl)cc3)c1C(=O)O)C2. The lowest BCUT2D eigenvalue weighted by atomic mass is 10.0. The summed E-state index contributed by atoms with van der Waals surface area (Å²) >= 11 is 7.16. The minimum Gasteiger partial charge on any atom is -0.478 e. The minimum absolute atomic E-state index is 0.118. The normalized spacial score (nSPS) is 15.3. The van der Waals surface area contributed by atoms with Crippen LogP contribution in [0.25, 0.3) is 11.1 Å². The summed E-state index contributed by atoms with van der Waals surface area (Å²) in [6, 6.07) is 13.2. The van der Waals surface area contributed by atoms with Gasteiger partial charge in [0, 0.05) is 21.9 Å². The maximum absolute atomic E-state index is 12.8. The van der Waals surface area contributed by atoms with Gasteiger partial charge in [-0.2, -0.15) is 0 Å². The van der Waals surface area contributed by atoms with E-state index in [0.717, 1.165) is 5.56 Å². The molecule has 0 radical (unpaired) electrons. The number of fused-ring (bicyclic) bond motifs is 1. The number of rotatable bonds is 4. The Kier molecular flexibility index (Phi) is 4.96. The predicted molar refractivity (Wildman–Crippen MR) is 112 cm³/mol. The van der Waals surface area contributed by atoms with E-state index >= 15 is 0 Å². The Labute approximate surface area is 171 Å². The number of benzene rings is 2. The van der Waals surface area contributed by atoms with Gasteiger partial charge in [-0.15, -0.1) is 11.3 Å². The summed E-state index contributed by atoms with van der Waals surface area (Å²) in [5.74, 6) is -1.38. The molecule has 1 unspecified atom stereocenters.